The molecule has 0 unspecified atom stereocenters. The Morgan fingerprint density at radius 2 is 2.19 bits per heavy atom. The molecule has 2 rings (SSSR count). The van der Waals surface area contributed by atoms with E-state index >= 15 is 0 Å². The summed E-state index contributed by atoms with van der Waals surface area (Å²) in [6, 6.07) is 3.78. The van der Waals surface area contributed by atoms with Crippen LogP contribution in [0.2, 0.25) is 0 Å². The van der Waals surface area contributed by atoms with E-state index in [9.17, 15) is 14.0 Å². The zero-order valence-electron chi connectivity index (χ0n) is 15.5. The van der Waals surface area contributed by atoms with Crippen LogP contribution in [0.3, 0.4) is 0 Å². The Morgan fingerprint density at radius 3 is 2.77 bits per heavy atom. The highest BCUT2D eigenvalue weighted by Crippen LogP contribution is 2.24. The third kappa shape index (κ3) is 5.00. The lowest BCUT2D eigenvalue weighted by atomic mass is 10.1. The van der Waals surface area contributed by atoms with Crippen LogP contribution in [0.4, 0.5) is 15.8 Å². The average Bonchev–Trinajstić information content (AvgIpc) is 2.56. The van der Waals surface area contributed by atoms with Crippen LogP contribution < -0.4 is 16.0 Å². The van der Waals surface area contributed by atoms with Crippen molar-refractivity contribution >= 4 is 23.2 Å². The van der Waals surface area contributed by atoms with Crippen molar-refractivity contribution < 1.29 is 18.7 Å². The highest BCUT2D eigenvalue weighted by atomic mass is 19.1. The maximum Gasteiger partial charge on any atom is 0.253 e. The Bertz CT molecular complexity index is 653. The van der Waals surface area contributed by atoms with Crippen LogP contribution in [0.15, 0.2) is 18.2 Å². The Labute approximate surface area is 153 Å². The topological polar surface area (TPSA) is 87.9 Å². The normalized spacial score (nSPS) is 16.3. The molecule has 1 aliphatic rings. The number of likely N-dealkylation sites (N-methyl/N-ethyl adjacent to an activating group) is 1. The second-order valence-corrected chi connectivity index (χ2v) is 6.84. The number of rotatable bonds is 7. The Morgan fingerprint density at radius 1 is 1.46 bits per heavy atom. The third-order valence-electron chi connectivity index (χ3n) is 4.20. The second-order valence-electron chi connectivity index (χ2n) is 6.84. The molecule has 1 aliphatic heterocycles. The molecular weight excluding hydrogens is 339 g/mol. The van der Waals surface area contributed by atoms with E-state index in [2.05, 4.69) is 19.2 Å². The van der Waals surface area contributed by atoms with Crippen LogP contribution in [-0.2, 0) is 14.3 Å². The highest BCUT2D eigenvalue weighted by Gasteiger charge is 2.25. The summed E-state index contributed by atoms with van der Waals surface area (Å²) in [6.07, 6.45) is 0. The fourth-order valence-electron chi connectivity index (χ4n) is 2.99. The monoisotopic (exact) mass is 366 g/mol. The standard InChI is InChI=1S/C18H27FN4O3/c1-12(2)10-22(3)16(9-20)18(25)21-13-4-5-15(14(19)8-13)23-6-7-26-11-17(23)24/h4-5,8,12,16H,6-7,9-11,20H2,1-3H3,(H,21,25)/t16-/m1/s1. The largest absolute Gasteiger partial charge is 0.370 e. The van der Waals surface area contributed by atoms with Crippen LogP contribution in [0.25, 0.3) is 0 Å². The van der Waals surface area contributed by atoms with Crippen LogP contribution in [0, 0.1) is 11.7 Å². The molecule has 1 fully saturated rings. The lowest BCUT2D eigenvalue weighted by Gasteiger charge is -2.28. The molecule has 1 saturated heterocycles. The summed E-state index contributed by atoms with van der Waals surface area (Å²) in [6.45, 7) is 5.62. The summed E-state index contributed by atoms with van der Waals surface area (Å²) in [7, 11) is 1.84. The van der Waals surface area contributed by atoms with Gasteiger partial charge < -0.3 is 20.7 Å². The zero-order valence-corrected chi connectivity index (χ0v) is 15.5. The maximum atomic E-state index is 14.5. The molecule has 0 radical (unpaired) electrons. The van der Waals surface area contributed by atoms with E-state index in [-0.39, 0.29) is 30.7 Å². The quantitative estimate of drug-likeness (QED) is 0.753. The fraction of sp³-hybridized carbons (Fsp3) is 0.556. The number of hydrogen-bond donors (Lipinski definition) is 2. The van der Waals surface area contributed by atoms with Crippen molar-refractivity contribution in [3.05, 3.63) is 24.0 Å². The summed E-state index contributed by atoms with van der Waals surface area (Å²) in [5.41, 5.74) is 6.25. The molecule has 3 N–H and O–H groups in total. The van der Waals surface area contributed by atoms with Crippen LogP contribution >= 0.6 is 0 Å². The van der Waals surface area contributed by atoms with Crippen molar-refractivity contribution in [2.24, 2.45) is 11.7 Å². The first-order valence-electron chi connectivity index (χ1n) is 8.72. The molecule has 0 aromatic heterocycles. The molecule has 0 aliphatic carbocycles. The number of morpholine rings is 1. The smallest absolute Gasteiger partial charge is 0.253 e. The van der Waals surface area contributed by atoms with Gasteiger partial charge in [-0.25, -0.2) is 4.39 Å². The Kier molecular flexibility index (Phi) is 7.07. The van der Waals surface area contributed by atoms with E-state index in [0.717, 1.165) is 6.54 Å². The van der Waals surface area contributed by atoms with E-state index < -0.39 is 11.9 Å². The first-order chi connectivity index (χ1) is 12.3. The van der Waals surface area contributed by atoms with Crippen LogP contribution in [-0.4, -0.2) is 62.7 Å². The summed E-state index contributed by atoms with van der Waals surface area (Å²) < 4.78 is 19.5. The van der Waals surface area contributed by atoms with E-state index in [1.54, 1.807) is 6.07 Å². The van der Waals surface area contributed by atoms with Crippen molar-refractivity contribution in [3.63, 3.8) is 0 Å². The number of amides is 2. The molecule has 8 heteroatoms. The number of carbonyl (C=O) groups excluding carboxylic acids is 2. The van der Waals surface area contributed by atoms with Gasteiger partial charge >= 0.3 is 0 Å². The van der Waals surface area contributed by atoms with Gasteiger partial charge in [0.2, 0.25) is 5.91 Å². The van der Waals surface area contributed by atoms with Gasteiger partial charge in [-0.1, -0.05) is 13.8 Å². The van der Waals surface area contributed by atoms with Crippen LogP contribution in [0.1, 0.15) is 13.8 Å². The molecule has 0 saturated carbocycles. The van der Waals surface area contributed by atoms with Gasteiger partial charge in [-0.2, -0.15) is 0 Å². The van der Waals surface area contributed by atoms with Crippen LogP contribution in [0.5, 0.6) is 0 Å². The number of hydrogen-bond acceptors (Lipinski definition) is 5. The number of carbonyl (C=O) groups is 2. The van der Waals surface area contributed by atoms with Crippen molar-refractivity contribution in [2.75, 3.05) is 50.1 Å². The van der Waals surface area contributed by atoms with Gasteiger partial charge in [0.05, 0.1) is 12.3 Å². The Hall–Kier alpha value is -2.03. The molecule has 2 amide bonds. The number of halogens is 1. The van der Waals surface area contributed by atoms with Gasteiger partial charge in [0.25, 0.3) is 5.91 Å². The summed E-state index contributed by atoms with van der Waals surface area (Å²) >= 11 is 0. The van der Waals surface area contributed by atoms with E-state index in [4.69, 9.17) is 10.5 Å². The van der Waals surface area contributed by atoms with E-state index in [1.807, 2.05) is 11.9 Å². The molecule has 7 nitrogen and oxygen atoms in total. The summed E-state index contributed by atoms with van der Waals surface area (Å²) in [4.78, 5) is 27.6. The molecule has 0 spiro atoms. The molecule has 144 valence electrons. The fourth-order valence-corrected chi connectivity index (χ4v) is 2.99. The van der Waals surface area contributed by atoms with Gasteiger partial charge in [-0.05, 0) is 31.2 Å². The van der Waals surface area contributed by atoms with Crippen molar-refractivity contribution in [1.29, 1.82) is 0 Å². The lowest BCUT2D eigenvalue weighted by Crippen LogP contribution is -2.48. The minimum absolute atomic E-state index is 0.0572. The molecular formula is C18H27FN4O3. The predicted molar refractivity (Wildman–Crippen MR) is 98.5 cm³/mol. The first-order valence-corrected chi connectivity index (χ1v) is 8.72. The zero-order chi connectivity index (χ0) is 19.3. The van der Waals surface area contributed by atoms with E-state index in [0.29, 0.717) is 24.8 Å². The SMILES string of the molecule is CC(C)CN(C)[C@H](CN)C(=O)Nc1ccc(N2CCOCC2=O)c(F)c1. The molecule has 1 aromatic carbocycles. The molecule has 1 heterocycles. The minimum atomic E-state index is -0.571. The number of nitrogens with two attached hydrogens (primary N) is 1. The maximum absolute atomic E-state index is 14.5. The van der Waals surface area contributed by atoms with Crippen molar-refractivity contribution in [1.82, 2.24) is 4.90 Å². The summed E-state index contributed by atoms with van der Waals surface area (Å²) in [5.74, 6) is -0.752. The predicted octanol–water partition coefficient (Wildman–Crippen LogP) is 1.04. The highest BCUT2D eigenvalue weighted by molar-refractivity contribution is 5.97. The van der Waals surface area contributed by atoms with E-state index in [1.165, 1.54) is 17.0 Å². The summed E-state index contributed by atoms with van der Waals surface area (Å²) in [5, 5.41) is 2.70. The molecule has 0 bridgehead atoms. The third-order valence-corrected chi connectivity index (χ3v) is 4.20. The van der Waals surface area contributed by atoms with Crippen molar-refractivity contribution in [3.8, 4) is 0 Å². The number of ether oxygens (including phenoxy) is 1. The first kappa shape index (κ1) is 20.3. The number of anilines is 2. The van der Waals surface area contributed by atoms with Gasteiger partial charge in [-0.15, -0.1) is 0 Å². The Balaban J connectivity index is 2.08. The van der Waals surface area contributed by atoms with Gasteiger partial charge in [-0.3, -0.25) is 14.5 Å². The number of nitrogens with one attached hydrogen (secondary N) is 1. The lowest BCUT2D eigenvalue weighted by molar-refractivity contribution is -0.125. The molecule has 1 aromatic rings. The second kappa shape index (κ2) is 9.07. The molecule has 1 atom stereocenters. The van der Waals surface area contributed by atoms with Crippen molar-refractivity contribution in [2.45, 2.75) is 19.9 Å². The number of benzene rings is 1. The minimum Gasteiger partial charge on any atom is -0.370 e. The average molecular weight is 366 g/mol. The van der Waals surface area contributed by atoms with Gasteiger partial charge in [0.1, 0.15) is 18.5 Å². The van der Waals surface area contributed by atoms with Gasteiger partial charge in [0.15, 0.2) is 0 Å². The molecule has 26 heavy (non-hydrogen) atoms. The van der Waals surface area contributed by atoms with Gasteiger partial charge in [0, 0.05) is 25.3 Å². The number of nitrogens with zero attached hydrogens (tertiary/aromatic N) is 2.